The highest BCUT2D eigenvalue weighted by Crippen LogP contribution is 2.12. The van der Waals surface area contributed by atoms with Gasteiger partial charge in [-0.2, -0.15) is 10.5 Å². The van der Waals surface area contributed by atoms with E-state index in [-0.39, 0.29) is 5.92 Å². The van der Waals surface area contributed by atoms with Crippen molar-refractivity contribution < 1.29 is 0 Å². The molecule has 5 heteroatoms. The zero-order chi connectivity index (χ0) is 14.9. The molecule has 1 atom stereocenters. The fourth-order valence-corrected chi connectivity index (χ4v) is 2.62. The van der Waals surface area contributed by atoms with Gasteiger partial charge in [-0.1, -0.05) is 0 Å². The van der Waals surface area contributed by atoms with Gasteiger partial charge in [0.05, 0.1) is 18.1 Å². The third-order valence-electron chi connectivity index (χ3n) is 3.89. The number of piperazine rings is 1. The van der Waals surface area contributed by atoms with Crippen LogP contribution in [0.25, 0.3) is 0 Å². The van der Waals surface area contributed by atoms with Crippen LogP contribution in [0.1, 0.15) is 18.4 Å². The van der Waals surface area contributed by atoms with Crippen molar-refractivity contribution in [3.63, 3.8) is 0 Å². The third-order valence-corrected chi connectivity index (χ3v) is 3.89. The van der Waals surface area contributed by atoms with Crippen molar-refractivity contribution in [2.24, 2.45) is 5.92 Å². The van der Waals surface area contributed by atoms with Gasteiger partial charge in [0.25, 0.3) is 0 Å². The minimum atomic E-state index is -0.0172. The maximum atomic E-state index is 9.13. The van der Waals surface area contributed by atoms with Gasteiger partial charge >= 0.3 is 0 Å². The molecule has 110 valence electrons. The van der Waals surface area contributed by atoms with Crippen molar-refractivity contribution in [2.75, 3.05) is 32.7 Å². The van der Waals surface area contributed by atoms with Crippen molar-refractivity contribution in [2.45, 2.75) is 19.4 Å². The quantitative estimate of drug-likeness (QED) is 0.794. The molecular formula is C16H21N5. The highest BCUT2D eigenvalue weighted by atomic mass is 15.3. The summed E-state index contributed by atoms with van der Waals surface area (Å²) in [5.74, 6) is -0.0172. The fourth-order valence-electron chi connectivity index (χ4n) is 2.62. The summed E-state index contributed by atoms with van der Waals surface area (Å²) < 4.78 is 0. The number of nitrogens with zero attached hydrogens (tertiary/aromatic N) is 5. The van der Waals surface area contributed by atoms with Crippen LogP contribution < -0.4 is 0 Å². The van der Waals surface area contributed by atoms with E-state index in [1.165, 1.54) is 5.56 Å². The monoisotopic (exact) mass is 283 g/mol. The van der Waals surface area contributed by atoms with Gasteiger partial charge in [0.2, 0.25) is 0 Å². The lowest BCUT2D eigenvalue weighted by atomic mass is 10.0. The van der Waals surface area contributed by atoms with Crippen LogP contribution in [0.15, 0.2) is 24.5 Å². The normalized spacial score (nSPS) is 17.8. The maximum Gasteiger partial charge on any atom is 0.0669 e. The molecule has 1 aromatic heterocycles. The molecule has 0 radical (unpaired) electrons. The van der Waals surface area contributed by atoms with Gasteiger partial charge in [-0.15, -0.1) is 0 Å². The zero-order valence-corrected chi connectivity index (χ0v) is 12.3. The first kappa shape index (κ1) is 15.4. The van der Waals surface area contributed by atoms with Crippen molar-refractivity contribution in [1.82, 2.24) is 14.8 Å². The number of pyridine rings is 1. The van der Waals surface area contributed by atoms with E-state index in [9.17, 15) is 0 Å². The average molecular weight is 283 g/mol. The van der Waals surface area contributed by atoms with Gasteiger partial charge in [0.15, 0.2) is 0 Å². The molecule has 2 heterocycles. The molecule has 1 saturated heterocycles. The van der Waals surface area contributed by atoms with E-state index < -0.39 is 0 Å². The Morgan fingerprint density at radius 3 is 2.38 bits per heavy atom. The van der Waals surface area contributed by atoms with E-state index in [2.05, 4.69) is 39.1 Å². The van der Waals surface area contributed by atoms with Crippen molar-refractivity contribution >= 4 is 0 Å². The lowest BCUT2D eigenvalue weighted by molar-refractivity contribution is 0.118. The fraction of sp³-hybridized carbons (Fsp3) is 0.562. The highest BCUT2D eigenvalue weighted by molar-refractivity contribution is 5.09. The Morgan fingerprint density at radius 2 is 1.76 bits per heavy atom. The first-order valence-electron chi connectivity index (χ1n) is 7.42. The van der Waals surface area contributed by atoms with Crippen molar-refractivity contribution in [3.8, 4) is 12.1 Å². The number of nitriles is 2. The summed E-state index contributed by atoms with van der Waals surface area (Å²) >= 11 is 0. The molecule has 0 aromatic carbocycles. The molecule has 0 bridgehead atoms. The first-order valence-corrected chi connectivity index (χ1v) is 7.42. The maximum absolute atomic E-state index is 9.13. The second-order valence-corrected chi connectivity index (χ2v) is 5.46. The smallest absolute Gasteiger partial charge is 0.0669 e. The third kappa shape index (κ3) is 5.15. The van der Waals surface area contributed by atoms with Crippen LogP contribution in [0.2, 0.25) is 0 Å². The summed E-state index contributed by atoms with van der Waals surface area (Å²) in [6, 6.07) is 8.55. The predicted octanol–water partition coefficient (Wildman–Crippen LogP) is 1.64. The summed E-state index contributed by atoms with van der Waals surface area (Å²) in [5, 5.41) is 17.7. The first-order chi connectivity index (χ1) is 10.3. The van der Waals surface area contributed by atoms with Crippen LogP contribution in [-0.4, -0.2) is 47.5 Å². The minimum Gasteiger partial charge on any atom is -0.299 e. The SMILES string of the molecule is N#CCC[C@@H](C#N)CN1CCN(Cc2ccncc2)CC1. The van der Waals surface area contributed by atoms with E-state index in [0.29, 0.717) is 12.8 Å². The second kappa shape index (κ2) is 8.36. The molecule has 0 saturated carbocycles. The minimum absolute atomic E-state index is 0.0172. The van der Waals surface area contributed by atoms with E-state index in [1.807, 2.05) is 12.4 Å². The van der Waals surface area contributed by atoms with Gasteiger partial charge in [0.1, 0.15) is 0 Å². The topological polar surface area (TPSA) is 67.0 Å². The van der Waals surface area contributed by atoms with E-state index in [4.69, 9.17) is 10.5 Å². The molecular weight excluding hydrogens is 262 g/mol. The molecule has 0 spiro atoms. The van der Waals surface area contributed by atoms with E-state index >= 15 is 0 Å². The summed E-state index contributed by atoms with van der Waals surface area (Å²) in [6.45, 7) is 5.80. The predicted molar refractivity (Wildman–Crippen MR) is 79.9 cm³/mol. The molecule has 2 rings (SSSR count). The number of hydrogen-bond acceptors (Lipinski definition) is 5. The van der Waals surface area contributed by atoms with Crippen LogP contribution in [0.3, 0.4) is 0 Å². The standard InChI is InChI=1S/C16H21N5/c17-5-1-2-16(12-18)14-21-10-8-20(9-11-21)13-15-3-6-19-7-4-15/h3-4,6-7,16H,1-2,8-11,13-14H2/t16-/m0/s1. The van der Waals surface area contributed by atoms with Gasteiger partial charge in [-0.3, -0.25) is 14.8 Å². The lowest BCUT2D eigenvalue weighted by Gasteiger charge is -2.35. The van der Waals surface area contributed by atoms with Crippen LogP contribution >= 0.6 is 0 Å². The Labute approximate surface area is 126 Å². The van der Waals surface area contributed by atoms with Crippen LogP contribution in [0.5, 0.6) is 0 Å². The molecule has 1 aliphatic heterocycles. The average Bonchev–Trinajstić information content (AvgIpc) is 2.54. The largest absolute Gasteiger partial charge is 0.299 e. The van der Waals surface area contributed by atoms with E-state index in [0.717, 1.165) is 39.3 Å². The molecule has 5 nitrogen and oxygen atoms in total. The van der Waals surface area contributed by atoms with Crippen molar-refractivity contribution in [3.05, 3.63) is 30.1 Å². The lowest BCUT2D eigenvalue weighted by Crippen LogP contribution is -2.47. The Balaban J connectivity index is 1.73. The van der Waals surface area contributed by atoms with Crippen LogP contribution in [0, 0.1) is 28.6 Å². The Morgan fingerprint density at radius 1 is 1.10 bits per heavy atom. The Hall–Kier alpha value is -1.95. The summed E-state index contributed by atoms with van der Waals surface area (Å²) in [4.78, 5) is 8.81. The number of rotatable bonds is 6. The summed E-state index contributed by atoms with van der Waals surface area (Å²) in [7, 11) is 0. The molecule has 0 amide bonds. The molecule has 0 aliphatic carbocycles. The van der Waals surface area contributed by atoms with Gasteiger partial charge in [-0.25, -0.2) is 0 Å². The van der Waals surface area contributed by atoms with E-state index in [1.54, 1.807) is 0 Å². The molecule has 1 aromatic rings. The van der Waals surface area contributed by atoms with Gasteiger partial charge in [0, 0.05) is 58.1 Å². The Bertz CT molecular complexity index is 494. The van der Waals surface area contributed by atoms with Crippen LogP contribution in [0.4, 0.5) is 0 Å². The summed E-state index contributed by atoms with van der Waals surface area (Å²) in [6.07, 6.45) is 4.82. The van der Waals surface area contributed by atoms with Gasteiger partial charge < -0.3 is 0 Å². The second-order valence-electron chi connectivity index (χ2n) is 5.46. The number of aromatic nitrogens is 1. The molecule has 0 unspecified atom stereocenters. The molecule has 1 fully saturated rings. The van der Waals surface area contributed by atoms with Crippen molar-refractivity contribution in [1.29, 1.82) is 10.5 Å². The van der Waals surface area contributed by atoms with Crippen LogP contribution in [-0.2, 0) is 6.54 Å². The zero-order valence-electron chi connectivity index (χ0n) is 12.3. The summed E-state index contributed by atoms with van der Waals surface area (Å²) in [5.41, 5.74) is 1.29. The molecule has 0 N–H and O–H groups in total. The Kier molecular flexibility index (Phi) is 6.15. The number of hydrogen-bond donors (Lipinski definition) is 0. The molecule has 21 heavy (non-hydrogen) atoms. The highest BCUT2D eigenvalue weighted by Gasteiger charge is 2.19. The van der Waals surface area contributed by atoms with Gasteiger partial charge in [-0.05, 0) is 24.1 Å². The molecule has 1 aliphatic rings.